The van der Waals surface area contributed by atoms with E-state index in [9.17, 15) is 4.79 Å². The second-order valence-corrected chi connectivity index (χ2v) is 4.61. The molecule has 2 heterocycles. The molecule has 1 N–H and O–H groups in total. The molecule has 1 aromatic carbocycles. The third-order valence-electron chi connectivity index (χ3n) is 3.11. The van der Waals surface area contributed by atoms with Crippen molar-refractivity contribution in [1.82, 2.24) is 20.4 Å². The molecule has 0 aliphatic heterocycles. The van der Waals surface area contributed by atoms with Gasteiger partial charge in [0.15, 0.2) is 0 Å². The molecule has 0 saturated carbocycles. The third-order valence-corrected chi connectivity index (χ3v) is 3.11. The number of benzene rings is 1. The van der Waals surface area contributed by atoms with Gasteiger partial charge in [0.1, 0.15) is 11.4 Å². The van der Waals surface area contributed by atoms with E-state index in [1.165, 1.54) is 0 Å². The molecule has 7 heteroatoms. The molecular formula is C16H14N4O3. The van der Waals surface area contributed by atoms with Crippen LogP contribution in [-0.4, -0.2) is 28.1 Å². The molecule has 2 aromatic heterocycles. The Bertz CT molecular complexity index is 802. The summed E-state index contributed by atoms with van der Waals surface area (Å²) in [6.07, 6.45) is 1.56. The van der Waals surface area contributed by atoms with Crippen LogP contribution in [-0.2, 0) is 6.54 Å². The highest BCUT2D eigenvalue weighted by atomic mass is 16.5. The average molecular weight is 310 g/mol. The first-order valence-corrected chi connectivity index (χ1v) is 6.93. The van der Waals surface area contributed by atoms with Crippen LogP contribution in [0, 0.1) is 0 Å². The molecular weight excluding hydrogens is 296 g/mol. The van der Waals surface area contributed by atoms with E-state index >= 15 is 0 Å². The van der Waals surface area contributed by atoms with Gasteiger partial charge in [-0.15, -0.1) is 0 Å². The Morgan fingerprint density at radius 2 is 2.04 bits per heavy atom. The van der Waals surface area contributed by atoms with Crippen molar-refractivity contribution in [2.45, 2.75) is 6.54 Å². The summed E-state index contributed by atoms with van der Waals surface area (Å²) in [5, 5.41) is 6.59. The molecule has 1 amide bonds. The number of amides is 1. The number of carbonyl (C=O) groups excluding carboxylic acids is 1. The van der Waals surface area contributed by atoms with E-state index < -0.39 is 0 Å². The molecule has 23 heavy (non-hydrogen) atoms. The number of aromatic nitrogens is 3. The Labute approximate surface area is 132 Å². The number of hydrogen-bond donors (Lipinski definition) is 1. The lowest BCUT2D eigenvalue weighted by atomic mass is 10.2. The number of rotatable bonds is 5. The van der Waals surface area contributed by atoms with E-state index in [0.717, 1.165) is 5.56 Å². The third kappa shape index (κ3) is 3.34. The van der Waals surface area contributed by atoms with E-state index in [4.69, 9.17) is 9.26 Å². The molecule has 0 fully saturated rings. The Kier molecular flexibility index (Phi) is 4.28. The molecule has 0 aliphatic carbocycles. The first kappa shape index (κ1) is 14.7. The van der Waals surface area contributed by atoms with Crippen molar-refractivity contribution in [3.63, 3.8) is 0 Å². The number of carbonyl (C=O) groups is 1. The Morgan fingerprint density at radius 1 is 1.22 bits per heavy atom. The Balaban J connectivity index is 1.69. The van der Waals surface area contributed by atoms with Crippen molar-refractivity contribution in [3.8, 4) is 17.1 Å². The van der Waals surface area contributed by atoms with Gasteiger partial charge in [0.05, 0.1) is 19.2 Å². The van der Waals surface area contributed by atoms with Crippen LogP contribution >= 0.6 is 0 Å². The molecule has 0 bridgehead atoms. The molecule has 0 spiro atoms. The lowest BCUT2D eigenvalue weighted by Gasteiger charge is -2.03. The molecule has 7 nitrogen and oxygen atoms in total. The quantitative estimate of drug-likeness (QED) is 0.776. The van der Waals surface area contributed by atoms with Crippen LogP contribution in [0.15, 0.2) is 53.2 Å². The summed E-state index contributed by atoms with van der Waals surface area (Å²) >= 11 is 0. The highest BCUT2D eigenvalue weighted by molar-refractivity contribution is 5.92. The van der Waals surface area contributed by atoms with Crippen molar-refractivity contribution in [2.75, 3.05) is 7.11 Å². The van der Waals surface area contributed by atoms with E-state index in [0.29, 0.717) is 23.2 Å². The van der Waals surface area contributed by atoms with Crippen LogP contribution in [0.1, 0.15) is 16.4 Å². The number of ether oxygens (including phenoxy) is 1. The number of pyridine rings is 1. The largest absolute Gasteiger partial charge is 0.496 e. The fraction of sp³-hybridized carbons (Fsp3) is 0.125. The standard InChI is InChI=1S/C16H14N4O3/c1-22-13-8-3-2-6-11(13)15-19-14(23-20-15)10-18-16(21)12-7-4-5-9-17-12/h2-9H,10H2,1H3,(H,18,21). The summed E-state index contributed by atoms with van der Waals surface area (Å²) in [5.41, 5.74) is 1.05. The van der Waals surface area contributed by atoms with Crippen molar-refractivity contribution < 1.29 is 14.1 Å². The van der Waals surface area contributed by atoms with Crippen LogP contribution in [0.2, 0.25) is 0 Å². The van der Waals surface area contributed by atoms with E-state index in [2.05, 4.69) is 20.4 Å². The first-order valence-electron chi connectivity index (χ1n) is 6.93. The second-order valence-electron chi connectivity index (χ2n) is 4.61. The van der Waals surface area contributed by atoms with Gasteiger partial charge >= 0.3 is 0 Å². The predicted octanol–water partition coefficient (Wildman–Crippen LogP) is 2.07. The van der Waals surface area contributed by atoms with E-state index in [1.54, 1.807) is 31.5 Å². The monoisotopic (exact) mass is 310 g/mol. The van der Waals surface area contributed by atoms with Crippen molar-refractivity contribution in [2.24, 2.45) is 0 Å². The number of hydrogen-bond acceptors (Lipinski definition) is 6. The molecule has 0 aliphatic rings. The van der Waals surface area contributed by atoms with Crippen LogP contribution in [0.4, 0.5) is 0 Å². The summed E-state index contributed by atoms with van der Waals surface area (Å²) in [7, 11) is 1.58. The molecule has 3 rings (SSSR count). The summed E-state index contributed by atoms with van der Waals surface area (Å²) in [5.74, 6) is 1.06. The van der Waals surface area contributed by atoms with Crippen molar-refractivity contribution in [1.29, 1.82) is 0 Å². The van der Waals surface area contributed by atoms with Crippen LogP contribution in [0.25, 0.3) is 11.4 Å². The van der Waals surface area contributed by atoms with Crippen molar-refractivity contribution in [3.05, 3.63) is 60.2 Å². The van der Waals surface area contributed by atoms with Gasteiger partial charge in [-0.3, -0.25) is 9.78 Å². The number of para-hydroxylation sites is 1. The SMILES string of the molecule is COc1ccccc1-c1noc(CNC(=O)c2ccccn2)n1. The minimum atomic E-state index is -0.303. The predicted molar refractivity (Wildman–Crippen MR) is 81.7 cm³/mol. The maximum atomic E-state index is 11.9. The zero-order valence-corrected chi connectivity index (χ0v) is 12.4. The van der Waals surface area contributed by atoms with Gasteiger partial charge in [-0.25, -0.2) is 0 Å². The second kappa shape index (κ2) is 6.69. The lowest BCUT2D eigenvalue weighted by Crippen LogP contribution is -2.23. The molecule has 0 unspecified atom stereocenters. The zero-order chi connectivity index (χ0) is 16.1. The Hall–Kier alpha value is -3.22. The van der Waals surface area contributed by atoms with Crippen LogP contribution < -0.4 is 10.1 Å². The van der Waals surface area contributed by atoms with Gasteiger partial charge < -0.3 is 14.6 Å². The number of nitrogens with one attached hydrogen (secondary N) is 1. The van der Waals surface area contributed by atoms with Gasteiger partial charge in [-0.2, -0.15) is 4.98 Å². The van der Waals surface area contributed by atoms with Crippen molar-refractivity contribution >= 4 is 5.91 Å². The van der Waals surface area contributed by atoms with E-state index in [1.807, 2.05) is 24.3 Å². The number of nitrogens with zero attached hydrogens (tertiary/aromatic N) is 3. The lowest BCUT2D eigenvalue weighted by molar-refractivity contribution is 0.0941. The topological polar surface area (TPSA) is 90.1 Å². The van der Waals surface area contributed by atoms with Gasteiger partial charge in [-0.1, -0.05) is 23.4 Å². The zero-order valence-electron chi connectivity index (χ0n) is 12.4. The highest BCUT2D eigenvalue weighted by Crippen LogP contribution is 2.26. The van der Waals surface area contributed by atoms with Gasteiger partial charge in [0.25, 0.3) is 5.91 Å². The van der Waals surface area contributed by atoms with Crippen LogP contribution in [0.5, 0.6) is 5.75 Å². The van der Waals surface area contributed by atoms with Crippen LogP contribution in [0.3, 0.4) is 0 Å². The Morgan fingerprint density at radius 3 is 2.83 bits per heavy atom. The maximum absolute atomic E-state index is 11.9. The molecule has 0 atom stereocenters. The fourth-order valence-corrected chi connectivity index (χ4v) is 2.01. The van der Waals surface area contributed by atoms with Gasteiger partial charge in [0, 0.05) is 6.20 Å². The molecule has 0 saturated heterocycles. The summed E-state index contributed by atoms with van der Waals surface area (Å²) in [6, 6.07) is 12.5. The van der Waals surface area contributed by atoms with E-state index in [-0.39, 0.29) is 12.5 Å². The average Bonchev–Trinajstić information content (AvgIpc) is 3.09. The first-order chi connectivity index (χ1) is 11.3. The summed E-state index contributed by atoms with van der Waals surface area (Å²) in [4.78, 5) is 20.1. The smallest absolute Gasteiger partial charge is 0.270 e. The summed E-state index contributed by atoms with van der Waals surface area (Å²) < 4.78 is 10.4. The van der Waals surface area contributed by atoms with Gasteiger partial charge in [-0.05, 0) is 24.3 Å². The normalized spacial score (nSPS) is 10.3. The molecule has 3 aromatic rings. The minimum absolute atomic E-state index is 0.123. The highest BCUT2D eigenvalue weighted by Gasteiger charge is 2.14. The minimum Gasteiger partial charge on any atom is -0.496 e. The maximum Gasteiger partial charge on any atom is 0.270 e. The number of methoxy groups -OCH3 is 1. The molecule has 0 radical (unpaired) electrons. The molecule has 116 valence electrons. The summed E-state index contributed by atoms with van der Waals surface area (Å²) in [6.45, 7) is 0.123. The fourth-order valence-electron chi connectivity index (χ4n) is 2.01. The van der Waals surface area contributed by atoms with Gasteiger partial charge in [0.2, 0.25) is 11.7 Å².